The number of H-pyrrole nitrogens is 1. The maximum atomic E-state index is 13.0. The Morgan fingerprint density at radius 2 is 2.03 bits per heavy atom. The van der Waals surface area contributed by atoms with Crippen molar-refractivity contribution in [1.29, 1.82) is 0 Å². The van der Waals surface area contributed by atoms with Gasteiger partial charge in [-0.1, -0.05) is 0 Å². The fraction of sp³-hybridized carbons (Fsp3) is 0.455. The minimum Gasteiger partial charge on any atom is -0.371 e. The maximum absolute atomic E-state index is 13.0. The van der Waals surface area contributed by atoms with E-state index in [2.05, 4.69) is 30.6 Å². The van der Waals surface area contributed by atoms with Crippen molar-refractivity contribution in [2.45, 2.75) is 50.2 Å². The second-order valence-corrected chi connectivity index (χ2v) is 8.82. The number of aromatic nitrogens is 4. The molecule has 4 heterocycles. The first kappa shape index (κ1) is 23.5. The van der Waals surface area contributed by atoms with Crippen molar-refractivity contribution in [2.24, 2.45) is 0 Å². The van der Waals surface area contributed by atoms with Crippen LogP contribution in [0.3, 0.4) is 0 Å². The molecule has 0 bridgehead atoms. The summed E-state index contributed by atoms with van der Waals surface area (Å²) in [7, 11) is 0. The van der Waals surface area contributed by atoms with Gasteiger partial charge in [0.1, 0.15) is 24.1 Å². The molecule has 4 atom stereocenters. The highest BCUT2D eigenvalue weighted by Gasteiger charge is 2.52. The van der Waals surface area contributed by atoms with E-state index in [4.69, 9.17) is 14.2 Å². The second-order valence-electron chi connectivity index (χ2n) is 8.82. The molecule has 1 aromatic carbocycles. The number of rotatable bonds is 5. The maximum Gasteiger partial charge on any atom is 0.434 e. The lowest BCUT2D eigenvalue weighted by Crippen LogP contribution is -2.57. The van der Waals surface area contributed by atoms with Crippen LogP contribution < -0.4 is 10.6 Å². The number of nitrogens with zero attached hydrogens (tertiary/aromatic N) is 3. The molecule has 13 heteroatoms. The van der Waals surface area contributed by atoms with Gasteiger partial charge in [-0.05, 0) is 32.0 Å². The Morgan fingerprint density at radius 1 is 1.23 bits per heavy atom. The highest BCUT2D eigenvalue weighted by molar-refractivity contribution is 5.97. The molecule has 2 aromatic heterocycles. The zero-order chi connectivity index (χ0) is 24.8. The number of alkyl halides is 3. The lowest BCUT2D eigenvalue weighted by molar-refractivity contribution is -0.153. The van der Waals surface area contributed by atoms with Crippen LogP contribution in [-0.4, -0.2) is 69.1 Å². The minimum absolute atomic E-state index is 0.0542. The van der Waals surface area contributed by atoms with Crippen LogP contribution >= 0.6 is 0 Å². The molecule has 0 unspecified atom stereocenters. The third-order valence-electron chi connectivity index (χ3n) is 5.82. The standard InChI is InChI=1S/C22H23F3N6O4/c1-21(2)34-18-14(30-17-8-26-7-16(31-17)22(23,24)25)9-33-15(19(18)35-21)6-27-20(32)11-3-4-12-13(5-11)29-10-28-12/h3-5,7-8,10,14-15,18-19H,6,9H2,1-2H3,(H,27,32)(H,28,29)(H,30,31)/t14-,15+,18+,19-/m0/s1. The first-order chi connectivity index (χ1) is 16.6. The van der Waals surface area contributed by atoms with Crippen LogP contribution in [0.2, 0.25) is 0 Å². The van der Waals surface area contributed by atoms with Crippen LogP contribution in [0.4, 0.5) is 19.0 Å². The highest BCUT2D eigenvalue weighted by Crippen LogP contribution is 2.36. The van der Waals surface area contributed by atoms with Crippen LogP contribution in [0.1, 0.15) is 29.9 Å². The van der Waals surface area contributed by atoms with Crippen molar-refractivity contribution in [3.63, 3.8) is 0 Å². The number of anilines is 1. The fourth-order valence-corrected chi connectivity index (χ4v) is 4.27. The molecule has 2 aliphatic rings. The van der Waals surface area contributed by atoms with E-state index < -0.39 is 42.0 Å². The summed E-state index contributed by atoms with van der Waals surface area (Å²) >= 11 is 0. The Kier molecular flexibility index (Phi) is 5.85. The molecule has 10 nitrogen and oxygen atoms in total. The van der Waals surface area contributed by atoms with Crippen LogP contribution in [0.25, 0.3) is 11.0 Å². The number of carbonyl (C=O) groups is 1. The zero-order valence-corrected chi connectivity index (χ0v) is 18.8. The van der Waals surface area contributed by atoms with Crippen LogP contribution in [-0.2, 0) is 20.4 Å². The fourth-order valence-electron chi connectivity index (χ4n) is 4.27. The molecule has 0 aliphatic carbocycles. The van der Waals surface area contributed by atoms with E-state index in [1.807, 2.05) is 0 Å². The number of benzene rings is 1. The van der Waals surface area contributed by atoms with Gasteiger partial charge in [0.2, 0.25) is 0 Å². The highest BCUT2D eigenvalue weighted by atomic mass is 19.4. The number of halogens is 3. The van der Waals surface area contributed by atoms with Crippen LogP contribution in [0.15, 0.2) is 36.9 Å². The number of nitrogens with one attached hydrogen (secondary N) is 3. The van der Waals surface area contributed by atoms with Gasteiger partial charge >= 0.3 is 6.18 Å². The molecule has 2 aliphatic heterocycles. The lowest BCUT2D eigenvalue weighted by atomic mass is 9.98. The molecule has 2 fully saturated rings. The van der Waals surface area contributed by atoms with Gasteiger partial charge in [-0.15, -0.1) is 0 Å². The van der Waals surface area contributed by atoms with Gasteiger partial charge in [-0.25, -0.2) is 9.97 Å². The molecule has 35 heavy (non-hydrogen) atoms. The summed E-state index contributed by atoms with van der Waals surface area (Å²) in [5, 5.41) is 5.78. The van der Waals surface area contributed by atoms with E-state index in [1.54, 1.807) is 38.4 Å². The zero-order valence-electron chi connectivity index (χ0n) is 18.8. The SMILES string of the molecule is CC1(C)O[C@@H]2[C@H](O1)[C@@H](Nc1cncc(C(F)(F)F)n1)CO[C@@H]2CNC(=O)c1ccc2nc[nH]c2c1. The molecule has 1 amide bonds. The molecule has 3 N–H and O–H groups in total. The van der Waals surface area contributed by atoms with Gasteiger partial charge in [0.05, 0.1) is 42.4 Å². The van der Waals surface area contributed by atoms with Crippen molar-refractivity contribution in [3.8, 4) is 0 Å². The van der Waals surface area contributed by atoms with Gasteiger partial charge in [0, 0.05) is 12.1 Å². The summed E-state index contributed by atoms with van der Waals surface area (Å²) in [4.78, 5) is 27.0. The minimum atomic E-state index is -4.61. The van der Waals surface area contributed by atoms with Crippen molar-refractivity contribution < 1.29 is 32.2 Å². The van der Waals surface area contributed by atoms with Gasteiger partial charge in [-0.2, -0.15) is 13.2 Å². The predicted octanol–water partition coefficient (Wildman–Crippen LogP) is 2.50. The van der Waals surface area contributed by atoms with Gasteiger partial charge in [0.25, 0.3) is 5.91 Å². The number of hydrogen-bond acceptors (Lipinski definition) is 8. The van der Waals surface area contributed by atoms with E-state index in [-0.39, 0.29) is 24.9 Å². The summed E-state index contributed by atoms with van der Waals surface area (Å²) in [6.45, 7) is 3.72. The van der Waals surface area contributed by atoms with Crippen molar-refractivity contribution in [2.75, 3.05) is 18.5 Å². The molecule has 3 aromatic rings. The normalized spacial score (nSPS) is 25.9. The number of aromatic amines is 1. The average molecular weight is 492 g/mol. The van der Waals surface area contributed by atoms with Gasteiger partial charge in [-0.3, -0.25) is 9.78 Å². The number of amides is 1. The van der Waals surface area contributed by atoms with E-state index in [1.165, 1.54) is 6.20 Å². The van der Waals surface area contributed by atoms with Crippen molar-refractivity contribution in [1.82, 2.24) is 25.3 Å². The topological polar surface area (TPSA) is 123 Å². The Balaban J connectivity index is 1.26. The van der Waals surface area contributed by atoms with E-state index in [0.29, 0.717) is 11.8 Å². The molecule has 0 saturated carbocycles. The van der Waals surface area contributed by atoms with E-state index in [9.17, 15) is 18.0 Å². The van der Waals surface area contributed by atoms with Gasteiger partial charge < -0.3 is 29.8 Å². The lowest BCUT2D eigenvalue weighted by Gasteiger charge is -2.37. The molecule has 0 spiro atoms. The first-order valence-corrected chi connectivity index (χ1v) is 10.9. The number of imidazole rings is 1. The van der Waals surface area contributed by atoms with E-state index in [0.717, 1.165) is 11.0 Å². The Morgan fingerprint density at radius 3 is 2.83 bits per heavy atom. The van der Waals surface area contributed by atoms with Crippen LogP contribution in [0, 0.1) is 0 Å². The van der Waals surface area contributed by atoms with E-state index >= 15 is 0 Å². The molecule has 5 rings (SSSR count). The Hall–Kier alpha value is -3.29. The van der Waals surface area contributed by atoms with Gasteiger partial charge in [0.15, 0.2) is 11.5 Å². The first-order valence-electron chi connectivity index (χ1n) is 10.9. The molecule has 2 saturated heterocycles. The second kappa shape index (κ2) is 8.73. The molecular formula is C22H23F3N6O4. The Labute approximate surface area is 197 Å². The number of hydrogen-bond donors (Lipinski definition) is 3. The predicted molar refractivity (Wildman–Crippen MR) is 116 cm³/mol. The number of ether oxygens (including phenoxy) is 3. The number of carbonyl (C=O) groups excluding carboxylic acids is 1. The monoisotopic (exact) mass is 492 g/mol. The smallest absolute Gasteiger partial charge is 0.371 e. The average Bonchev–Trinajstić information content (AvgIpc) is 3.40. The van der Waals surface area contributed by atoms with Crippen molar-refractivity contribution in [3.05, 3.63) is 48.2 Å². The quantitative estimate of drug-likeness (QED) is 0.497. The molecule has 0 radical (unpaired) electrons. The summed E-state index contributed by atoms with van der Waals surface area (Å²) in [6, 6.07) is 4.58. The van der Waals surface area contributed by atoms with Crippen molar-refractivity contribution >= 4 is 22.8 Å². The summed E-state index contributed by atoms with van der Waals surface area (Å²) in [6.07, 6.45) is -2.87. The third kappa shape index (κ3) is 4.92. The summed E-state index contributed by atoms with van der Waals surface area (Å²) < 4.78 is 57.0. The number of fused-ring (bicyclic) bond motifs is 2. The largest absolute Gasteiger partial charge is 0.434 e. The third-order valence-corrected chi connectivity index (χ3v) is 5.82. The Bertz CT molecular complexity index is 1230. The van der Waals surface area contributed by atoms with Crippen LogP contribution in [0.5, 0.6) is 0 Å². The molecular weight excluding hydrogens is 469 g/mol. The summed E-state index contributed by atoms with van der Waals surface area (Å²) in [5.41, 5.74) is 0.851. The molecule has 186 valence electrons. The summed E-state index contributed by atoms with van der Waals surface area (Å²) in [5.74, 6) is -1.29.